The number of rotatable bonds is 4. The first-order valence-corrected chi connectivity index (χ1v) is 5.49. The minimum atomic E-state index is 0.946. The van der Waals surface area contributed by atoms with Crippen LogP contribution in [-0.2, 0) is 6.42 Å². The second kappa shape index (κ2) is 4.58. The van der Waals surface area contributed by atoms with Crippen molar-refractivity contribution in [2.24, 2.45) is 0 Å². The highest BCUT2D eigenvalue weighted by Crippen LogP contribution is 2.24. The Hall–Kier alpha value is -1.48. The number of ether oxygens (including phenoxy) is 1. The van der Waals surface area contributed by atoms with E-state index in [4.69, 9.17) is 4.74 Å². The van der Waals surface area contributed by atoms with E-state index in [9.17, 15) is 0 Å². The predicted molar refractivity (Wildman–Crippen MR) is 66.2 cm³/mol. The molecule has 3 heteroatoms. The Morgan fingerprint density at radius 3 is 2.75 bits per heavy atom. The molecule has 0 amide bonds. The van der Waals surface area contributed by atoms with Crippen LogP contribution in [0.2, 0.25) is 0 Å². The fourth-order valence-electron chi connectivity index (χ4n) is 1.91. The van der Waals surface area contributed by atoms with Crippen molar-refractivity contribution >= 4 is 5.52 Å². The Labute approximate surface area is 96.2 Å². The van der Waals surface area contributed by atoms with Crippen molar-refractivity contribution in [3.63, 3.8) is 0 Å². The summed E-state index contributed by atoms with van der Waals surface area (Å²) >= 11 is 0. The van der Waals surface area contributed by atoms with Crippen LogP contribution < -0.4 is 4.74 Å². The number of methoxy groups -OCH3 is 1. The summed E-state index contributed by atoms with van der Waals surface area (Å²) in [7, 11) is 5.91. The molecule has 0 fully saturated rings. The number of fused-ring (bicyclic) bond motifs is 1. The van der Waals surface area contributed by atoms with Crippen LogP contribution in [0.1, 0.15) is 5.56 Å². The van der Waals surface area contributed by atoms with Crippen molar-refractivity contribution in [3.05, 3.63) is 36.2 Å². The zero-order valence-corrected chi connectivity index (χ0v) is 10.1. The molecule has 0 bridgehead atoms. The fraction of sp³-hybridized carbons (Fsp3) is 0.385. The van der Waals surface area contributed by atoms with Gasteiger partial charge in [-0.15, -0.1) is 0 Å². The van der Waals surface area contributed by atoms with Crippen molar-refractivity contribution in [2.75, 3.05) is 27.7 Å². The number of likely N-dealkylation sites (N-methyl/N-ethyl adjacent to an activating group) is 1. The molecular weight excluding hydrogens is 200 g/mol. The molecule has 0 aliphatic heterocycles. The van der Waals surface area contributed by atoms with Crippen molar-refractivity contribution in [3.8, 4) is 5.75 Å². The summed E-state index contributed by atoms with van der Waals surface area (Å²) in [6, 6.07) is 6.18. The van der Waals surface area contributed by atoms with Crippen molar-refractivity contribution in [1.82, 2.24) is 9.30 Å². The molecule has 3 nitrogen and oxygen atoms in total. The van der Waals surface area contributed by atoms with Crippen LogP contribution in [0.3, 0.4) is 0 Å². The van der Waals surface area contributed by atoms with Crippen LogP contribution in [0, 0.1) is 0 Å². The van der Waals surface area contributed by atoms with E-state index in [0.717, 1.165) is 18.7 Å². The van der Waals surface area contributed by atoms with E-state index in [2.05, 4.69) is 41.9 Å². The van der Waals surface area contributed by atoms with E-state index in [-0.39, 0.29) is 0 Å². The molecule has 0 spiro atoms. The Balaban J connectivity index is 2.38. The molecule has 0 aromatic carbocycles. The normalized spacial score (nSPS) is 11.2. The van der Waals surface area contributed by atoms with Crippen LogP contribution in [0.5, 0.6) is 5.75 Å². The van der Waals surface area contributed by atoms with E-state index in [0.29, 0.717) is 0 Å². The van der Waals surface area contributed by atoms with E-state index in [1.807, 2.05) is 12.1 Å². The molecular formula is C13H18N2O. The van der Waals surface area contributed by atoms with Gasteiger partial charge in [0, 0.05) is 18.9 Å². The van der Waals surface area contributed by atoms with Gasteiger partial charge in [0.25, 0.3) is 0 Å². The van der Waals surface area contributed by atoms with Crippen LogP contribution in [0.25, 0.3) is 5.52 Å². The van der Waals surface area contributed by atoms with Gasteiger partial charge < -0.3 is 14.0 Å². The lowest BCUT2D eigenvalue weighted by Crippen LogP contribution is -2.15. The molecule has 2 aromatic rings. The highest BCUT2D eigenvalue weighted by molar-refractivity contribution is 5.66. The monoisotopic (exact) mass is 218 g/mol. The third-order valence-corrected chi connectivity index (χ3v) is 2.77. The summed E-state index contributed by atoms with van der Waals surface area (Å²) in [6.45, 7) is 1.05. The summed E-state index contributed by atoms with van der Waals surface area (Å²) < 4.78 is 7.51. The first-order valence-electron chi connectivity index (χ1n) is 5.49. The highest BCUT2D eigenvalue weighted by Gasteiger charge is 2.07. The minimum absolute atomic E-state index is 0.946. The lowest BCUT2D eigenvalue weighted by Gasteiger charge is -2.10. The third kappa shape index (κ3) is 2.04. The number of aromatic nitrogens is 1. The second-order valence-electron chi connectivity index (χ2n) is 4.23. The zero-order chi connectivity index (χ0) is 11.5. The summed E-state index contributed by atoms with van der Waals surface area (Å²) in [5, 5.41) is 0. The molecule has 0 radical (unpaired) electrons. The molecule has 0 unspecified atom stereocenters. The lowest BCUT2D eigenvalue weighted by atomic mass is 10.2. The average Bonchev–Trinajstić information content (AvgIpc) is 2.69. The second-order valence-corrected chi connectivity index (χ2v) is 4.23. The molecule has 86 valence electrons. The topological polar surface area (TPSA) is 16.9 Å². The Bertz CT molecular complexity index is 474. The molecule has 2 aromatic heterocycles. The van der Waals surface area contributed by atoms with E-state index in [1.54, 1.807) is 7.11 Å². The highest BCUT2D eigenvalue weighted by atomic mass is 16.5. The summed E-state index contributed by atoms with van der Waals surface area (Å²) in [5.74, 6) is 0.946. The Morgan fingerprint density at radius 1 is 1.25 bits per heavy atom. The molecule has 2 rings (SSSR count). The number of pyridine rings is 1. The molecule has 0 saturated carbocycles. The molecule has 2 heterocycles. The van der Waals surface area contributed by atoms with Gasteiger partial charge in [-0.05, 0) is 44.3 Å². The van der Waals surface area contributed by atoms with E-state index < -0.39 is 0 Å². The minimum Gasteiger partial charge on any atom is -0.495 e. The van der Waals surface area contributed by atoms with Crippen molar-refractivity contribution in [1.29, 1.82) is 0 Å². The molecule has 0 atom stereocenters. The van der Waals surface area contributed by atoms with Gasteiger partial charge in [0.1, 0.15) is 5.75 Å². The summed E-state index contributed by atoms with van der Waals surface area (Å²) in [4.78, 5) is 2.19. The third-order valence-electron chi connectivity index (χ3n) is 2.77. The average molecular weight is 218 g/mol. The maximum Gasteiger partial charge on any atom is 0.143 e. The number of hydrogen-bond donors (Lipinski definition) is 0. The number of hydrogen-bond acceptors (Lipinski definition) is 2. The maximum atomic E-state index is 5.40. The maximum absolute atomic E-state index is 5.40. The molecule has 0 saturated heterocycles. The molecule has 16 heavy (non-hydrogen) atoms. The number of nitrogens with zero attached hydrogens (tertiary/aromatic N) is 2. The van der Waals surface area contributed by atoms with E-state index >= 15 is 0 Å². The fourth-order valence-corrected chi connectivity index (χ4v) is 1.91. The largest absolute Gasteiger partial charge is 0.495 e. The van der Waals surface area contributed by atoms with Gasteiger partial charge in [-0.1, -0.05) is 0 Å². The zero-order valence-electron chi connectivity index (χ0n) is 10.1. The van der Waals surface area contributed by atoms with E-state index in [1.165, 1.54) is 11.1 Å². The van der Waals surface area contributed by atoms with Gasteiger partial charge in [0.2, 0.25) is 0 Å². The standard InChI is InChI=1S/C13H18N2O/c1-14(2)9-6-11-7-10-15-8-4-5-12(16-3)13(11)15/h4-5,7-8,10H,6,9H2,1-3H3. The van der Waals surface area contributed by atoms with Gasteiger partial charge in [0.05, 0.1) is 12.6 Å². The van der Waals surface area contributed by atoms with Gasteiger partial charge >= 0.3 is 0 Å². The van der Waals surface area contributed by atoms with Crippen LogP contribution >= 0.6 is 0 Å². The van der Waals surface area contributed by atoms with Gasteiger partial charge in [-0.3, -0.25) is 0 Å². The Kier molecular flexibility index (Phi) is 3.15. The smallest absolute Gasteiger partial charge is 0.143 e. The van der Waals surface area contributed by atoms with Crippen LogP contribution in [0.4, 0.5) is 0 Å². The summed E-state index contributed by atoms with van der Waals surface area (Å²) in [6.07, 6.45) is 5.18. The van der Waals surface area contributed by atoms with Crippen LogP contribution in [0.15, 0.2) is 30.6 Å². The summed E-state index contributed by atoms with van der Waals surface area (Å²) in [5.41, 5.74) is 2.53. The quantitative estimate of drug-likeness (QED) is 0.781. The first-order chi connectivity index (χ1) is 7.72. The SMILES string of the molecule is COc1cccn2ccc(CCN(C)C)c12. The Morgan fingerprint density at radius 2 is 2.06 bits per heavy atom. The van der Waals surface area contributed by atoms with Gasteiger partial charge in [-0.2, -0.15) is 0 Å². The first kappa shape index (κ1) is 11.0. The molecule has 0 aliphatic carbocycles. The van der Waals surface area contributed by atoms with Gasteiger partial charge in [0.15, 0.2) is 0 Å². The van der Waals surface area contributed by atoms with Crippen LogP contribution in [-0.4, -0.2) is 37.1 Å². The van der Waals surface area contributed by atoms with Gasteiger partial charge in [-0.25, -0.2) is 0 Å². The molecule has 0 aliphatic rings. The molecule has 0 N–H and O–H groups in total. The van der Waals surface area contributed by atoms with Crippen molar-refractivity contribution < 1.29 is 4.74 Å². The van der Waals surface area contributed by atoms with Crippen molar-refractivity contribution in [2.45, 2.75) is 6.42 Å². The predicted octanol–water partition coefficient (Wildman–Crippen LogP) is 2.05. The lowest BCUT2D eigenvalue weighted by molar-refractivity contribution is 0.410.